The van der Waals surface area contributed by atoms with E-state index in [1.54, 1.807) is 10.8 Å². The summed E-state index contributed by atoms with van der Waals surface area (Å²) in [6, 6.07) is 16.3. The smallest absolute Gasteiger partial charge is 0.119 e. The SMILES string of the molecule is CCOc1ccc2c(c1)c1cc(SOOC)ccc1c1c2nn2ncccc12. The van der Waals surface area contributed by atoms with E-state index in [0.29, 0.717) is 6.61 Å². The van der Waals surface area contributed by atoms with E-state index in [2.05, 4.69) is 29.4 Å². The van der Waals surface area contributed by atoms with Crippen LogP contribution in [-0.4, -0.2) is 28.5 Å². The summed E-state index contributed by atoms with van der Waals surface area (Å²) < 4.78 is 12.5. The van der Waals surface area contributed by atoms with Gasteiger partial charge in [-0.2, -0.15) is 14.1 Å². The molecule has 6 nitrogen and oxygen atoms in total. The van der Waals surface area contributed by atoms with Gasteiger partial charge in [0.2, 0.25) is 0 Å². The first-order valence-electron chi connectivity index (χ1n) is 8.93. The highest BCUT2D eigenvalue weighted by molar-refractivity contribution is 7.94. The van der Waals surface area contributed by atoms with Crippen LogP contribution in [-0.2, 0) is 9.22 Å². The van der Waals surface area contributed by atoms with Crippen LogP contribution in [0.4, 0.5) is 0 Å². The van der Waals surface area contributed by atoms with Gasteiger partial charge in [0, 0.05) is 21.9 Å². The molecule has 0 spiro atoms. The van der Waals surface area contributed by atoms with Crippen molar-refractivity contribution in [3.63, 3.8) is 0 Å². The Kier molecular flexibility index (Phi) is 4.27. The van der Waals surface area contributed by atoms with Crippen LogP contribution in [0.15, 0.2) is 59.6 Å². The van der Waals surface area contributed by atoms with Crippen molar-refractivity contribution in [3.05, 3.63) is 54.7 Å². The molecule has 0 amide bonds. The van der Waals surface area contributed by atoms with Crippen molar-refractivity contribution in [2.45, 2.75) is 11.8 Å². The summed E-state index contributed by atoms with van der Waals surface area (Å²) in [6.07, 6.45) is 1.74. The van der Waals surface area contributed by atoms with Crippen molar-refractivity contribution < 1.29 is 14.0 Å². The molecule has 0 saturated heterocycles. The lowest BCUT2D eigenvalue weighted by atomic mass is 9.97. The molecule has 2 aromatic heterocycles. The molecule has 5 aromatic rings. The second-order valence-corrected chi connectivity index (χ2v) is 7.06. The summed E-state index contributed by atoms with van der Waals surface area (Å²) in [5, 5.41) is 14.6. The maximum absolute atomic E-state index is 5.74. The predicted octanol–water partition coefficient (Wildman–Crippen LogP) is 5.17. The van der Waals surface area contributed by atoms with Gasteiger partial charge in [0.05, 0.1) is 31.3 Å². The van der Waals surface area contributed by atoms with E-state index < -0.39 is 0 Å². The highest BCUT2D eigenvalue weighted by Gasteiger charge is 2.16. The molecule has 0 radical (unpaired) electrons. The van der Waals surface area contributed by atoms with Crippen molar-refractivity contribution in [2.24, 2.45) is 0 Å². The molecule has 0 aliphatic rings. The number of hydrogen-bond donors (Lipinski definition) is 0. The number of rotatable bonds is 5. The summed E-state index contributed by atoms with van der Waals surface area (Å²) in [5.74, 6) is 0.837. The number of aromatic nitrogens is 3. The molecule has 140 valence electrons. The number of nitrogens with zero attached hydrogens (tertiary/aromatic N) is 3. The molecular weight excluding hydrogens is 374 g/mol. The minimum atomic E-state index is 0.618. The lowest BCUT2D eigenvalue weighted by Crippen LogP contribution is -1.91. The third-order valence-corrected chi connectivity index (χ3v) is 5.38. The van der Waals surface area contributed by atoms with Crippen molar-refractivity contribution >= 4 is 50.0 Å². The third-order valence-electron chi connectivity index (χ3n) is 4.73. The van der Waals surface area contributed by atoms with Crippen LogP contribution in [0.5, 0.6) is 5.75 Å². The molecule has 28 heavy (non-hydrogen) atoms. The van der Waals surface area contributed by atoms with Gasteiger partial charge in [-0.3, -0.25) is 0 Å². The van der Waals surface area contributed by atoms with E-state index in [0.717, 1.165) is 48.6 Å². The second kappa shape index (κ2) is 6.94. The molecular formula is C21H17N3O3S. The van der Waals surface area contributed by atoms with Crippen LogP contribution >= 0.6 is 12.0 Å². The minimum Gasteiger partial charge on any atom is -0.494 e. The van der Waals surface area contributed by atoms with Gasteiger partial charge in [-0.05, 0) is 65.5 Å². The van der Waals surface area contributed by atoms with Crippen LogP contribution in [0, 0.1) is 0 Å². The van der Waals surface area contributed by atoms with Gasteiger partial charge >= 0.3 is 0 Å². The largest absolute Gasteiger partial charge is 0.494 e. The first kappa shape index (κ1) is 17.2. The summed E-state index contributed by atoms with van der Waals surface area (Å²) in [6.45, 7) is 2.60. The third kappa shape index (κ3) is 2.67. The predicted molar refractivity (Wildman–Crippen MR) is 111 cm³/mol. The molecule has 0 unspecified atom stereocenters. The van der Waals surface area contributed by atoms with Gasteiger partial charge in [-0.1, -0.05) is 6.07 Å². The molecule has 7 heteroatoms. The van der Waals surface area contributed by atoms with Crippen molar-refractivity contribution in [2.75, 3.05) is 13.7 Å². The van der Waals surface area contributed by atoms with Gasteiger partial charge in [-0.25, -0.2) is 4.89 Å². The minimum absolute atomic E-state index is 0.618. The quantitative estimate of drug-likeness (QED) is 0.178. The monoisotopic (exact) mass is 391 g/mol. The van der Waals surface area contributed by atoms with Crippen LogP contribution in [0.2, 0.25) is 0 Å². The fourth-order valence-corrected chi connectivity index (χ4v) is 4.08. The summed E-state index contributed by atoms with van der Waals surface area (Å²) in [7, 11) is 1.49. The molecule has 5 rings (SSSR count). The van der Waals surface area contributed by atoms with Gasteiger partial charge in [0.1, 0.15) is 11.3 Å². The Morgan fingerprint density at radius 1 is 1.00 bits per heavy atom. The maximum atomic E-state index is 5.74. The van der Waals surface area contributed by atoms with E-state index in [1.807, 2.05) is 31.2 Å². The fourth-order valence-electron chi connectivity index (χ4n) is 3.65. The second-order valence-electron chi connectivity index (χ2n) is 6.29. The Labute approximate surface area is 165 Å². The molecule has 0 aliphatic heterocycles. The Morgan fingerprint density at radius 2 is 1.86 bits per heavy atom. The van der Waals surface area contributed by atoms with Crippen molar-refractivity contribution in [1.82, 2.24) is 14.8 Å². The van der Waals surface area contributed by atoms with Gasteiger partial charge in [-0.15, -0.1) is 5.10 Å². The zero-order valence-corrected chi connectivity index (χ0v) is 16.2. The lowest BCUT2D eigenvalue weighted by molar-refractivity contribution is -0.160. The zero-order chi connectivity index (χ0) is 19.1. The van der Waals surface area contributed by atoms with E-state index in [-0.39, 0.29) is 0 Å². The Hall–Kier alpha value is -2.87. The average Bonchev–Trinajstić information content (AvgIpc) is 3.12. The molecule has 0 bridgehead atoms. The first-order chi connectivity index (χ1) is 13.8. The Morgan fingerprint density at radius 3 is 2.71 bits per heavy atom. The van der Waals surface area contributed by atoms with Crippen LogP contribution < -0.4 is 4.74 Å². The highest BCUT2D eigenvalue weighted by atomic mass is 32.2. The van der Waals surface area contributed by atoms with Gasteiger partial charge < -0.3 is 4.74 Å². The van der Waals surface area contributed by atoms with E-state index in [9.17, 15) is 0 Å². The van der Waals surface area contributed by atoms with Crippen LogP contribution in [0.3, 0.4) is 0 Å². The topological polar surface area (TPSA) is 57.9 Å². The lowest BCUT2D eigenvalue weighted by Gasteiger charge is -2.10. The fraction of sp³-hybridized carbons (Fsp3) is 0.143. The Bertz CT molecular complexity index is 1330. The van der Waals surface area contributed by atoms with Gasteiger partial charge in [0.15, 0.2) is 0 Å². The summed E-state index contributed by atoms with van der Waals surface area (Å²) >= 11 is 1.18. The Balaban J connectivity index is 1.93. The van der Waals surface area contributed by atoms with Gasteiger partial charge in [0.25, 0.3) is 0 Å². The van der Waals surface area contributed by atoms with E-state index in [4.69, 9.17) is 19.1 Å². The average molecular weight is 391 g/mol. The number of fused-ring (bicyclic) bond motifs is 8. The normalized spacial score (nSPS) is 11.8. The molecule has 0 N–H and O–H groups in total. The zero-order valence-electron chi connectivity index (χ0n) is 15.4. The number of ether oxygens (including phenoxy) is 1. The van der Waals surface area contributed by atoms with Crippen LogP contribution in [0.25, 0.3) is 38.0 Å². The van der Waals surface area contributed by atoms with Crippen molar-refractivity contribution in [3.8, 4) is 5.75 Å². The molecule has 0 atom stereocenters. The molecule has 0 fully saturated rings. The number of hydrogen-bond acceptors (Lipinski definition) is 6. The maximum Gasteiger partial charge on any atom is 0.119 e. The van der Waals surface area contributed by atoms with Crippen molar-refractivity contribution in [1.29, 1.82) is 0 Å². The summed E-state index contributed by atoms with van der Waals surface area (Å²) in [4.78, 5) is 5.68. The molecule has 0 saturated carbocycles. The molecule has 0 aliphatic carbocycles. The standard InChI is InChI=1S/C21H17N3O3S/c1-3-26-13-6-8-16-17(11-13)18-12-14(28-27-25-2)7-9-15(18)20-19-5-4-10-22-24(19)23-21(16)20/h4-12H,3H2,1-2H3. The van der Waals surface area contributed by atoms with E-state index >= 15 is 0 Å². The van der Waals surface area contributed by atoms with Crippen LogP contribution in [0.1, 0.15) is 6.92 Å². The molecule has 3 aromatic carbocycles. The first-order valence-corrected chi connectivity index (χ1v) is 9.67. The summed E-state index contributed by atoms with van der Waals surface area (Å²) in [5.41, 5.74) is 1.91. The molecule has 2 heterocycles. The van der Waals surface area contributed by atoms with E-state index in [1.165, 1.54) is 19.2 Å². The highest BCUT2D eigenvalue weighted by Crippen LogP contribution is 2.39. The number of benzene rings is 3.